The number of pyridine rings is 1. The molecule has 0 unspecified atom stereocenters. The minimum atomic E-state index is -0.461. The lowest BCUT2D eigenvalue weighted by molar-refractivity contribution is 0.0946. The molecule has 7 nitrogen and oxygen atoms in total. The van der Waals surface area contributed by atoms with Gasteiger partial charge in [-0.05, 0) is 42.5 Å². The molecule has 0 fully saturated rings. The van der Waals surface area contributed by atoms with Crippen molar-refractivity contribution in [3.63, 3.8) is 0 Å². The molecule has 0 atom stereocenters. The summed E-state index contributed by atoms with van der Waals surface area (Å²) < 4.78 is 20.6. The van der Waals surface area contributed by atoms with E-state index in [0.717, 1.165) is 0 Å². The molecular formula is C22H18FN5O2. The number of benzene rings is 2. The Morgan fingerprint density at radius 1 is 1.10 bits per heavy atom. The number of nitrogens with zero attached hydrogens (tertiary/aromatic N) is 4. The highest BCUT2D eigenvalue weighted by atomic mass is 19.1. The number of ether oxygens (including phenoxy) is 1. The van der Waals surface area contributed by atoms with E-state index in [2.05, 4.69) is 20.6 Å². The summed E-state index contributed by atoms with van der Waals surface area (Å²) >= 11 is 0. The van der Waals surface area contributed by atoms with Gasteiger partial charge in [0.05, 0.1) is 12.8 Å². The summed E-state index contributed by atoms with van der Waals surface area (Å²) in [6.07, 6.45) is 3.27. The number of carbonyl (C=O) groups is 1. The molecule has 2 aromatic heterocycles. The van der Waals surface area contributed by atoms with Crippen molar-refractivity contribution in [2.75, 3.05) is 7.11 Å². The molecule has 0 radical (unpaired) electrons. The number of carbonyl (C=O) groups excluding carboxylic acids is 1. The highest BCUT2D eigenvalue weighted by Gasteiger charge is 2.22. The normalized spacial score (nSPS) is 10.6. The lowest BCUT2D eigenvalue weighted by Gasteiger charge is -2.09. The second kappa shape index (κ2) is 8.52. The lowest BCUT2D eigenvalue weighted by Crippen LogP contribution is -2.24. The molecule has 1 amide bonds. The second-order valence-corrected chi connectivity index (χ2v) is 6.41. The SMILES string of the molecule is COc1ccc(-n2nnc(C(=O)NCc3ccccc3F)c2-c2cccnc2)cc1. The van der Waals surface area contributed by atoms with E-state index in [1.54, 1.807) is 60.6 Å². The van der Waals surface area contributed by atoms with Crippen LogP contribution in [0, 0.1) is 5.82 Å². The van der Waals surface area contributed by atoms with Crippen LogP contribution < -0.4 is 10.1 Å². The van der Waals surface area contributed by atoms with Gasteiger partial charge in [0.2, 0.25) is 0 Å². The van der Waals surface area contributed by atoms with Crippen molar-refractivity contribution in [3.05, 3.63) is 90.1 Å². The summed E-state index contributed by atoms with van der Waals surface area (Å²) in [6.45, 7) is 0.0351. The van der Waals surface area contributed by atoms with Gasteiger partial charge in [0, 0.05) is 30.1 Å². The smallest absolute Gasteiger partial charge is 0.274 e. The Bertz CT molecular complexity index is 1160. The average Bonchev–Trinajstić information content (AvgIpc) is 3.24. The minimum absolute atomic E-state index is 0.0351. The molecule has 1 N–H and O–H groups in total. The summed E-state index contributed by atoms with van der Waals surface area (Å²) in [7, 11) is 1.59. The van der Waals surface area contributed by atoms with E-state index in [0.29, 0.717) is 28.3 Å². The zero-order valence-electron chi connectivity index (χ0n) is 16.1. The first kappa shape index (κ1) is 19.3. The van der Waals surface area contributed by atoms with Crippen molar-refractivity contribution in [1.29, 1.82) is 0 Å². The lowest BCUT2D eigenvalue weighted by atomic mass is 10.1. The van der Waals surface area contributed by atoms with Gasteiger partial charge in [-0.3, -0.25) is 9.78 Å². The highest BCUT2D eigenvalue weighted by Crippen LogP contribution is 2.25. The molecule has 30 heavy (non-hydrogen) atoms. The fourth-order valence-corrected chi connectivity index (χ4v) is 3.00. The van der Waals surface area contributed by atoms with Gasteiger partial charge in [-0.2, -0.15) is 0 Å². The Kier molecular flexibility index (Phi) is 5.47. The predicted octanol–water partition coefficient (Wildman–Crippen LogP) is 3.41. The first-order chi connectivity index (χ1) is 14.7. The molecule has 0 aliphatic carbocycles. The molecular weight excluding hydrogens is 385 g/mol. The number of methoxy groups -OCH3 is 1. The molecule has 8 heteroatoms. The van der Waals surface area contributed by atoms with Gasteiger partial charge in [0.25, 0.3) is 5.91 Å². The summed E-state index contributed by atoms with van der Waals surface area (Å²) in [5.74, 6) is -0.145. The van der Waals surface area contributed by atoms with Gasteiger partial charge in [0.1, 0.15) is 17.3 Å². The topological polar surface area (TPSA) is 81.9 Å². The Hall–Kier alpha value is -4.07. The maximum Gasteiger partial charge on any atom is 0.274 e. The first-order valence-electron chi connectivity index (χ1n) is 9.19. The van der Waals surface area contributed by atoms with E-state index in [9.17, 15) is 9.18 Å². The first-order valence-corrected chi connectivity index (χ1v) is 9.19. The molecule has 0 aliphatic heterocycles. The standard InChI is InChI=1S/C22H18FN5O2/c1-30-18-10-8-17(9-11-18)28-21(16-6-4-12-24-13-16)20(26-27-28)22(29)25-14-15-5-2-3-7-19(15)23/h2-13H,14H2,1H3,(H,25,29). The molecule has 2 aromatic carbocycles. The van der Waals surface area contributed by atoms with Crippen LogP contribution >= 0.6 is 0 Å². The highest BCUT2D eigenvalue weighted by molar-refractivity contribution is 5.98. The van der Waals surface area contributed by atoms with Crippen LogP contribution in [0.2, 0.25) is 0 Å². The number of hydrogen-bond donors (Lipinski definition) is 1. The maximum atomic E-state index is 13.9. The van der Waals surface area contributed by atoms with Crippen LogP contribution in [0.4, 0.5) is 4.39 Å². The van der Waals surface area contributed by atoms with Gasteiger partial charge in [-0.25, -0.2) is 9.07 Å². The number of amides is 1. The largest absolute Gasteiger partial charge is 0.497 e. The minimum Gasteiger partial charge on any atom is -0.497 e. The van der Waals surface area contributed by atoms with Crippen LogP contribution in [0.15, 0.2) is 73.1 Å². The Labute approximate surface area is 172 Å². The fourth-order valence-electron chi connectivity index (χ4n) is 3.00. The summed E-state index contributed by atoms with van der Waals surface area (Å²) in [6, 6.07) is 17.1. The maximum absolute atomic E-state index is 13.9. The van der Waals surface area contributed by atoms with Crippen LogP contribution in [0.25, 0.3) is 16.9 Å². The van der Waals surface area contributed by atoms with E-state index in [1.165, 1.54) is 6.07 Å². The van der Waals surface area contributed by atoms with E-state index in [1.807, 2.05) is 18.2 Å². The Balaban J connectivity index is 1.70. The molecule has 0 aliphatic rings. The summed E-state index contributed by atoms with van der Waals surface area (Å²) in [5, 5.41) is 11.0. The fraction of sp³-hybridized carbons (Fsp3) is 0.0909. The molecule has 4 rings (SSSR count). The number of aromatic nitrogens is 4. The van der Waals surface area contributed by atoms with Gasteiger partial charge < -0.3 is 10.1 Å². The zero-order valence-corrected chi connectivity index (χ0v) is 16.1. The quantitative estimate of drug-likeness (QED) is 0.534. The van der Waals surface area contributed by atoms with Crippen molar-refractivity contribution in [2.45, 2.75) is 6.54 Å². The number of nitrogens with one attached hydrogen (secondary N) is 1. The van der Waals surface area contributed by atoms with Crippen LogP contribution in [0.3, 0.4) is 0 Å². The van der Waals surface area contributed by atoms with Crippen LogP contribution in [-0.2, 0) is 6.54 Å². The van der Waals surface area contributed by atoms with Crippen LogP contribution in [-0.4, -0.2) is 33.0 Å². The Morgan fingerprint density at radius 2 is 1.90 bits per heavy atom. The van der Waals surface area contributed by atoms with E-state index < -0.39 is 5.91 Å². The monoisotopic (exact) mass is 403 g/mol. The van der Waals surface area contributed by atoms with Crippen LogP contribution in [0.1, 0.15) is 16.1 Å². The van der Waals surface area contributed by atoms with E-state index in [-0.39, 0.29) is 18.1 Å². The van der Waals surface area contributed by atoms with Crippen molar-refractivity contribution >= 4 is 5.91 Å². The van der Waals surface area contributed by atoms with Crippen molar-refractivity contribution in [2.24, 2.45) is 0 Å². The molecule has 0 spiro atoms. The molecule has 2 heterocycles. The van der Waals surface area contributed by atoms with Gasteiger partial charge in [-0.15, -0.1) is 5.10 Å². The molecule has 0 saturated carbocycles. The van der Waals surface area contributed by atoms with E-state index >= 15 is 0 Å². The molecule has 0 saturated heterocycles. The third kappa shape index (κ3) is 3.88. The van der Waals surface area contributed by atoms with Gasteiger partial charge in [-0.1, -0.05) is 23.4 Å². The second-order valence-electron chi connectivity index (χ2n) is 6.41. The summed E-state index contributed by atoms with van der Waals surface area (Å²) in [4.78, 5) is 17.0. The molecule has 0 bridgehead atoms. The number of halogens is 1. The average molecular weight is 403 g/mol. The summed E-state index contributed by atoms with van der Waals surface area (Å²) in [5.41, 5.74) is 2.37. The van der Waals surface area contributed by atoms with Gasteiger partial charge in [0.15, 0.2) is 5.69 Å². The van der Waals surface area contributed by atoms with Crippen LogP contribution in [0.5, 0.6) is 5.75 Å². The Morgan fingerprint density at radius 3 is 2.60 bits per heavy atom. The molecule has 150 valence electrons. The van der Waals surface area contributed by atoms with E-state index in [4.69, 9.17) is 4.74 Å². The number of hydrogen-bond acceptors (Lipinski definition) is 5. The molecule has 4 aromatic rings. The van der Waals surface area contributed by atoms with Crippen molar-refractivity contribution in [1.82, 2.24) is 25.3 Å². The van der Waals surface area contributed by atoms with Crippen molar-refractivity contribution in [3.8, 4) is 22.7 Å². The third-order valence-corrected chi connectivity index (χ3v) is 4.53. The third-order valence-electron chi connectivity index (χ3n) is 4.53. The van der Waals surface area contributed by atoms with Crippen molar-refractivity contribution < 1.29 is 13.9 Å². The predicted molar refractivity (Wildman–Crippen MR) is 109 cm³/mol. The zero-order chi connectivity index (χ0) is 20.9. The number of rotatable bonds is 6. The van der Waals surface area contributed by atoms with Gasteiger partial charge >= 0.3 is 0 Å².